The molecular formula is C14H21NO5. The van der Waals surface area contributed by atoms with Crippen molar-refractivity contribution in [2.24, 2.45) is 0 Å². The predicted molar refractivity (Wildman–Crippen MR) is 74.0 cm³/mol. The van der Waals surface area contributed by atoms with Crippen molar-refractivity contribution in [1.29, 1.82) is 0 Å². The number of hydrogen-bond donors (Lipinski definition) is 2. The Kier molecular flexibility index (Phi) is 6.83. The Labute approximate surface area is 118 Å². The van der Waals surface area contributed by atoms with Crippen LogP contribution in [0.3, 0.4) is 0 Å². The summed E-state index contributed by atoms with van der Waals surface area (Å²) in [4.78, 5) is 13.2. The van der Waals surface area contributed by atoms with Crippen molar-refractivity contribution in [1.82, 2.24) is 4.90 Å². The van der Waals surface area contributed by atoms with Crippen LogP contribution in [0, 0.1) is 6.92 Å². The van der Waals surface area contributed by atoms with Crippen LogP contribution < -0.4 is 9.47 Å². The van der Waals surface area contributed by atoms with E-state index in [1.807, 2.05) is 19.1 Å². The second-order valence-corrected chi connectivity index (χ2v) is 4.27. The summed E-state index contributed by atoms with van der Waals surface area (Å²) in [5.41, 5.74) is 1.03. The van der Waals surface area contributed by atoms with Gasteiger partial charge in [0, 0.05) is 13.1 Å². The van der Waals surface area contributed by atoms with Gasteiger partial charge < -0.3 is 24.6 Å². The number of rotatable bonds is 8. The number of nitrogens with zero attached hydrogens (tertiary/aromatic N) is 1. The number of carbonyl (C=O) groups is 1. The fraction of sp³-hybridized carbons (Fsp3) is 0.500. The van der Waals surface area contributed by atoms with Crippen LogP contribution in [-0.2, 0) is 4.79 Å². The first-order valence-electron chi connectivity index (χ1n) is 6.39. The first-order chi connectivity index (χ1) is 9.62. The second kappa shape index (κ2) is 8.39. The van der Waals surface area contributed by atoms with E-state index in [0.29, 0.717) is 11.5 Å². The van der Waals surface area contributed by atoms with Crippen LogP contribution in [0.4, 0.5) is 0 Å². The van der Waals surface area contributed by atoms with Crippen molar-refractivity contribution in [2.45, 2.75) is 6.92 Å². The van der Waals surface area contributed by atoms with Crippen molar-refractivity contribution in [3.05, 3.63) is 23.8 Å². The number of hydrogen-bond acceptors (Lipinski definition) is 5. The fourth-order valence-electron chi connectivity index (χ4n) is 1.73. The quantitative estimate of drug-likeness (QED) is 0.712. The van der Waals surface area contributed by atoms with Gasteiger partial charge >= 0.3 is 0 Å². The highest BCUT2D eigenvalue weighted by Gasteiger charge is 2.14. The molecule has 6 nitrogen and oxygen atoms in total. The third kappa shape index (κ3) is 4.71. The number of amides is 1. The highest BCUT2D eigenvalue weighted by molar-refractivity contribution is 5.77. The van der Waals surface area contributed by atoms with Gasteiger partial charge in [-0.1, -0.05) is 6.07 Å². The number of aliphatic hydroxyl groups excluding tert-OH is 2. The lowest BCUT2D eigenvalue weighted by Gasteiger charge is -2.21. The molecule has 0 aliphatic rings. The van der Waals surface area contributed by atoms with Crippen molar-refractivity contribution in [2.75, 3.05) is 40.0 Å². The van der Waals surface area contributed by atoms with E-state index >= 15 is 0 Å². The molecule has 1 aromatic carbocycles. The number of benzene rings is 1. The van der Waals surface area contributed by atoms with Gasteiger partial charge in [0.05, 0.1) is 20.3 Å². The number of aryl methyl sites for hydroxylation is 1. The molecule has 0 bridgehead atoms. The topological polar surface area (TPSA) is 79.2 Å². The Morgan fingerprint density at radius 1 is 1.20 bits per heavy atom. The maximum Gasteiger partial charge on any atom is 0.260 e. The maximum absolute atomic E-state index is 11.9. The van der Waals surface area contributed by atoms with Gasteiger partial charge in [0.1, 0.15) is 0 Å². The molecule has 1 aromatic rings. The van der Waals surface area contributed by atoms with Gasteiger partial charge in [0.15, 0.2) is 18.1 Å². The Bertz CT molecular complexity index is 430. The lowest BCUT2D eigenvalue weighted by molar-refractivity contribution is -0.134. The average molecular weight is 283 g/mol. The van der Waals surface area contributed by atoms with Gasteiger partial charge in [-0.25, -0.2) is 0 Å². The normalized spacial score (nSPS) is 10.2. The number of aliphatic hydroxyl groups is 2. The molecule has 20 heavy (non-hydrogen) atoms. The Morgan fingerprint density at radius 2 is 1.85 bits per heavy atom. The summed E-state index contributed by atoms with van der Waals surface area (Å²) in [6.07, 6.45) is 0. The van der Waals surface area contributed by atoms with Gasteiger partial charge in [-0.15, -0.1) is 0 Å². The van der Waals surface area contributed by atoms with Gasteiger partial charge in [-0.05, 0) is 24.6 Å². The number of carbonyl (C=O) groups excluding carboxylic acids is 1. The molecule has 0 saturated heterocycles. The van der Waals surface area contributed by atoms with E-state index in [-0.39, 0.29) is 38.8 Å². The zero-order valence-corrected chi connectivity index (χ0v) is 11.8. The molecule has 0 radical (unpaired) electrons. The van der Waals surface area contributed by atoms with Crippen LogP contribution in [-0.4, -0.2) is 61.0 Å². The molecule has 0 aliphatic heterocycles. The molecule has 2 N–H and O–H groups in total. The summed E-state index contributed by atoms with van der Waals surface area (Å²) in [5, 5.41) is 17.7. The van der Waals surface area contributed by atoms with E-state index in [1.165, 1.54) is 12.0 Å². The lowest BCUT2D eigenvalue weighted by Crippen LogP contribution is -2.38. The maximum atomic E-state index is 11.9. The van der Waals surface area contributed by atoms with Gasteiger partial charge in [0.25, 0.3) is 5.91 Å². The standard InChI is InChI=1S/C14H21NO5/c1-11-3-4-12(13(9-11)19-2)20-10-14(18)15(5-7-16)6-8-17/h3-4,9,16-17H,5-8,10H2,1-2H3. The minimum absolute atomic E-state index is 0.153. The van der Waals surface area contributed by atoms with Gasteiger partial charge in [0.2, 0.25) is 0 Å². The first-order valence-corrected chi connectivity index (χ1v) is 6.39. The van der Waals surface area contributed by atoms with Crippen LogP contribution >= 0.6 is 0 Å². The van der Waals surface area contributed by atoms with Crippen molar-refractivity contribution in [3.63, 3.8) is 0 Å². The molecule has 1 rings (SSSR count). The average Bonchev–Trinajstić information content (AvgIpc) is 2.45. The highest BCUT2D eigenvalue weighted by atomic mass is 16.5. The van der Waals surface area contributed by atoms with Gasteiger partial charge in [-0.3, -0.25) is 4.79 Å². The summed E-state index contributed by atoms with van der Waals surface area (Å²) >= 11 is 0. The molecule has 112 valence electrons. The molecule has 0 heterocycles. The summed E-state index contributed by atoms with van der Waals surface area (Å²) in [7, 11) is 1.54. The van der Waals surface area contributed by atoms with Crippen LogP contribution in [0.1, 0.15) is 5.56 Å². The van der Waals surface area contributed by atoms with Gasteiger partial charge in [-0.2, -0.15) is 0 Å². The molecule has 1 amide bonds. The third-order valence-electron chi connectivity index (χ3n) is 2.76. The smallest absolute Gasteiger partial charge is 0.260 e. The Balaban J connectivity index is 2.63. The van der Waals surface area contributed by atoms with E-state index in [2.05, 4.69) is 0 Å². The van der Waals surface area contributed by atoms with E-state index in [9.17, 15) is 4.79 Å². The van der Waals surface area contributed by atoms with E-state index in [0.717, 1.165) is 5.56 Å². The zero-order chi connectivity index (χ0) is 15.0. The Morgan fingerprint density at radius 3 is 2.40 bits per heavy atom. The Hall–Kier alpha value is -1.79. The SMILES string of the molecule is COc1cc(C)ccc1OCC(=O)N(CCO)CCO. The van der Waals surface area contributed by atoms with Crippen molar-refractivity contribution >= 4 is 5.91 Å². The zero-order valence-electron chi connectivity index (χ0n) is 11.8. The molecule has 0 unspecified atom stereocenters. The monoisotopic (exact) mass is 283 g/mol. The molecule has 0 aromatic heterocycles. The number of methoxy groups -OCH3 is 1. The first kappa shape index (κ1) is 16.3. The lowest BCUT2D eigenvalue weighted by atomic mass is 10.2. The van der Waals surface area contributed by atoms with Crippen LogP contribution in [0.5, 0.6) is 11.5 Å². The van der Waals surface area contributed by atoms with Crippen molar-refractivity contribution in [3.8, 4) is 11.5 Å². The highest BCUT2D eigenvalue weighted by Crippen LogP contribution is 2.27. The van der Waals surface area contributed by atoms with Crippen LogP contribution in [0.15, 0.2) is 18.2 Å². The molecule has 0 saturated carbocycles. The fourth-order valence-corrected chi connectivity index (χ4v) is 1.73. The summed E-state index contributed by atoms with van der Waals surface area (Å²) < 4.78 is 10.6. The summed E-state index contributed by atoms with van der Waals surface area (Å²) in [5.74, 6) is 0.754. The minimum Gasteiger partial charge on any atom is -0.493 e. The van der Waals surface area contributed by atoms with Crippen molar-refractivity contribution < 1.29 is 24.5 Å². The van der Waals surface area contributed by atoms with Crippen LogP contribution in [0.25, 0.3) is 0 Å². The predicted octanol–water partition coefficient (Wildman–Crippen LogP) is 0.196. The second-order valence-electron chi connectivity index (χ2n) is 4.27. The number of ether oxygens (including phenoxy) is 2. The molecule has 0 fully saturated rings. The minimum atomic E-state index is -0.296. The molecule has 0 spiro atoms. The van der Waals surface area contributed by atoms with E-state index < -0.39 is 0 Å². The summed E-state index contributed by atoms with van der Waals surface area (Å²) in [6.45, 7) is 1.81. The molecule has 6 heteroatoms. The van der Waals surface area contributed by atoms with E-state index in [4.69, 9.17) is 19.7 Å². The molecule has 0 atom stereocenters. The van der Waals surface area contributed by atoms with Crippen LogP contribution in [0.2, 0.25) is 0 Å². The largest absolute Gasteiger partial charge is 0.493 e. The van der Waals surface area contributed by atoms with E-state index in [1.54, 1.807) is 6.07 Å². The third-order valence-corrected chi connectivity index (χ3v) is 2.76. The summed E-state index contributed by atoms with van der Waals surface area (Å²) in [6, 6.07) is 5.42. The molecular weight excluding hydrogens is 262 g/mol. The molecule has 0 aliphatic carbocycles.